The van der Waals surface area contributed by atoms with Crippen molar-refractivity contribution in [2.75, 3.05) is 32.0 Å². The first kappa shape index (κ1) is 20.1. The lowest BCUT2D eigenvalue weighted by Gasteiger charge is -2.28. The van der Waals surface area contributed by atoms with Gasteiger partial charge in [-0.3, -0.25) is 0 Å². The number of likely N-dealkylation sites (tertiary alicyclic amines) is 1. The van der Waals surface area contributed by atoms with E-state index < -0.39 is 11.7 Å². The molecule has 0 radical (unpaired) electrons. The number of rotatable bonds is 4. The summed E-state index contributed by atoms with van der Waals surface area (Å²) >= 11 is 0. The van der Waals surface area contributed by atoms with Gasteiger partial charge in [-0.1, -0.05) is 0 Å². The number of nitrogens with one attached hydrogen (secondary N) is 2. The van der Waals surface area contributed by atoms with Gasteiger partial charge in [-0.2, -0.15) is 18.4 Å². The Kier molecular flexibility index (Phi) is 5.30. The first-order chi connectivity index (χ1) is 14.3. The molecule has 1 aliphatic heterocycles. The summed E-state index contributed by atoms with van der Waals surface area (Å²) in [5.41, 5.74) is 0.263. The summed E-state index contributed by atoms with van der Waals surface area (Å²) in [5.74, 6) is 0.840. The van der Waals surface area contributed by atoms with Crippen molar-refractivity contribution >= 4 is 17.0 Å². The van der Waals surface area contributed by atoms with Crippen molar-refractivity contribution in [3.8, 4) is 17.3 Å². The molecule has 0 aromatic carbocycles. The van der Waals surface area contributed by atoms with Gasteiger partial charge in [0, 0.05) is 29.9 Å². The van der Waals surface area contributed by atoms with E-state index in [2.05, 4.69) is 37.2 Å². The molecule has 7 nitrogen and oxygen atoms in total. The van der Waals surface area contributed by atoms with Crippen LogP contribution in [0.3, 0.4) is 0 Å². The van der Waals surface area contributed by atoms with Gasteiger partial charge in [0.1, 0.15) is 11.7 Å². The van der Waals surface area contributed by atoms with Crippen LogP contribution >= 0.6 is 0 Å². The molecule has 4 rings (SSSR count). The fourth-order valence-corrected chi connectivity index (χ4v) is 3.61. The minimum absolute atomic E-state index is 0.179. The van der Waals surface area contributed by atoms with E-state index >= 15 is 0 Å². The molecule has 0 spiro atoms. The second-order valence-electron chi connectivity index (χ2n) is 7.52. The molecule has 10 heteroatoms. The zero-order valence-electron chi connectivity index (χ0n) is 16.3. The molecule has 0 amide bonds. The SMILES string of the molecule is CN1CCC(CNc2ncc(C#N)c(-c3c[nH]c4ncc(C(F)(F)F)cc34)n2)CC1. The molecule has 1 saturated heterocycles. The van der Waals surface area contributed by atoms with E-state index in [0.29, 0.717) is 29.6 Å². The van der Waals surface area contributed by atoms with E-state index in [1.54, 1.807) is 0 Å². The standard InChI is InChI=1S/C20H20F3N7/c1-30-4-2-12(3-5-30)8-27-19-28-9-13(7-24)17(29-19)16-11-26-18-15(16)6-14(10-25-18)20(21,22)23/h6,9-12H,2-5,8H2,1H3,(H,25,26)(H,27,28,29). The number of H-pyrrole nitrogens is 1. The van der Waals surface area contributed by atoms with Crippen molar-refractivity contribution in [1.82, 2.24) is 24.8 Å². The van der Waals surface area contributed by atoms with Gasteiger partial charge in [0.15, 0.2) is 0 Å². The number of halogens is 3. The highest BCUT2D eigenvalue weighted by Crippen LogP contribution is 2.34. The highest BCUT2D eigenvalue weighted by molar-refractivity contribution is 5.94. The van der Waals surface area contributed by atoms with Crippen LogP contribution in [0.15, 0.2) is 24.7 Å². The van der Waals surface area contributed by atoms with E-state index in [1.165, 1.54) is 12.4 Å². The minimum Gasteiger partial charge on any atom is -0.354 e. The Morgan fingerprint density at radius 2 is 2.03 bits per heavy atom. The average Bonchev–Trinajstić information content (AvgIpc) is 3.15. The summed E-state index contributed by atoms with van der Waals surface area (Å²) in [6.07, 6.45) is 1.31. The van der Waals surface area contributed by atoms with Crippen LogP contribution in [0.25, 0.3) is 22.3 Å². The largest absolute Gasteiger partial charge is 0.417 e. The Labute approximate surface area is 171 Å². The molecule has 0 saturated carbocycles. The van der Waals surface area contributed by atoms with Gasteiger partial charge >= 0.3 is 6.18 Å². The summed E-state index contributed by atoms with van der Waals surface area (Å²) in [7, 11) is 2.10. The maximum absolute atomic E-state index is 13.1. The molecule has 156 valence electrons. The maximum atomic E-state index is 13.1. The molecule has 3 aromatic rings. The van der Waals surface area contributed by atoms with Crippen LogP contribution in [0.4, 0.5) is 19.1 Å². The van der Waals surface area contributed by atoms with Crippen LogP contribution < -0.4 is 5.32 Å². The van der Waals surface area contributed by atoms with E-state index in [4.69, 9.17) is 0 Å². The van der Waals surface area contributed by atoms with Crippen LogP contribution in [-0.4, -0.2) is 51.5 Å². The van der Waals surface area contributed by atoms with Gasteiger partial charge < -0.3 is 15.2 Å². The summed E-state index contributed by atoms with van der Waals surface area (Å²) in [5, 5.41) is 12.9. The van der Waals surface area contributed by atoms with Crippen molar-refractivity contribution < 1.29 is 13.2 Å². The highest BCUT2D eigenvalue weighted by atomic mass is 19.4. The quantitative estimate of drug-likeness (QED) is 0.676. The van der Waals surface area contributed by atoms with E-state index in [0.717, 1.165) is 38.2 Å². The fraction of sp³-hybridized carbons (Fsp3) is 0.400. The number of aromatic nitrogens is 4. The Balaban J connectivity index is 1.65. The molecular weight excluding hydrogens is 395 g/mol. The second-order valence-corrected chi connectivity index (χ2v) is 7.52. The molecule has 1 aliphatic rings. The number of aromatic amines is 1. The number of fused-ring (bicyclic) bond motifs is 1. The molecule has 0 bridgehead atoms. The molecular formula is C20H20F3N7. The molecule has 2 N–H and O–H groups in total. The van der Waals surface area contributed by atoms with Gasteiger partial charge in [0.25, 0.3) is 0 Å². The monoisotopic (exact) mass is 415 g/mol. The van der Waals surface area contributed by atoms with Gasteiger partial charge in [-0.05, 0) is 45.0 Å². The van der Waals surface area contributed by atoms with Crippen molar-refractivity contribution in [1.29, 1.82) is 5.26 Å². The highest BCUT2D eigenvalue weighted by Gasteiger charge is 2.31. The zero-order chi connectivity index (χ0) is 21.3. The molecule has 3 aromatic heterocycles. The van der Waals surface area contributed by atoms with Crippen LogP contribution in [0.2, 0.25) is 0 Å². The number of piperidine rings is 1. The number of anilines is 1. The number of nitriles is 1. The van der Waals surface area contributed by atoms with Crippen molar-refractivity contribution in [3.63, 3.8) is 0 Å². The molecule has 0 aliphatic carbocycles. The first-order valence-electron chi connectivity index (χ1n) is 9.59. The lowest BCUT2D eigenvalue weighted by Crippen LogP contribution is -2.33. The molecule has 0 atom stereocenters. The second kappa shape index (κ2) is 7.91. The third-order valence-corrected chi connectivity index (χ3v) is 5.41. The smallest absolute Gasteiger partial charge is 0.354 e. The van der Waals surface area contributed by atoms with Crippen LogP contribution in [-0.2, 0) is 6.18 Å². The molecule has 1 fully saturated rings. The Morgan fingerprint density at radius 3 is 2.73 bits per heavy atom. The van der Waals surface area contributed by atoms with Crippen molar-refractivity contribution in [3.05, 3.63) is 35.8 Å². The number of alkyl halides is 3. The van der Waals surface area contributed by atoms with E-state index in [1.807, 2.05) is 6.07 Å². The van der Waals surface area contributed by atoms with Crippen molar-refractivity contribution in [2.24, 2.45) is 5.92 Å². The van der Waals surface area contributed by atoms with Gasteiger partial charge in [-0.25, -0.2) is 15.0 Å². The minimum atomic E-state index is -4.51. The van der Waals surface area contributed by atoms with Crippen LogP contribution in [0.1, 0.15) is 24.0 Å². The number of nitrogens with zero attached hydrogens (tertiary/aromatic N) is 5. The van der Waals surface area contributed by atoms with Gasteiger partial charge in [-0.15, -0.1) is 0 Å². The Morgan fingerprint density at radius 1 is 1.27 bits per heavy atom. The summed E-state index contributed by atoms with van der Waals surface area (Å²) in [4.78, 5) is 17.6. The molecule has 4 heterocycles. The normalized spacial score (nSPS) is 16.0. The van der Waals surface area contributed by atoms with Gasteiger partial charge in [0.05, 0.1) is 23.0 Å². The lowest BCUT2D eigenvalue weighted by molar-refractivity contribution is -0.137. The number of hydrogen-bond acceptors (Lipinski definition) is 6. The third kappa shape index (κ3) is 4.07. The predicted octanol–water partition coefficient (Wildman–Crippen LogP) is 3.66. The Bertz CT molecular complexity index is 1090. The zero-order valence-corrected chi connectivity index (χ0v) is 16.3. The molecule has 0 unspecified atom stereocenters. The third-order valence-electron chi connectivity index (χ3n) is 5.41. The number of pyridine rings is 1. The Hall–Kier alpha value is -3.19. The van der Waals surface area contributed by atoms with Crippen molar-refractivity contribution in [2.45, 2.75) is 19.0 Å². The fourth-order valence-electron chi connectivity index (χ4n) is 3.61. The first-order valence-corrected chi connectivity index (χ1v) is 9.59. The average molecular weight is 415 g/mol. The molecule has 30 heavy (non-hydrogen) atoms. The summed E-state index contributed by atoms with van der Waals surface area (Å²) in [6.45, 7) is 2.78. The van der Waals surface area contributed by atoms with Crippen LogP contribution in [0, 0.1) is 17.2 Å². The lowest BCUT2D eigenvalue weighted by atomic mass is 9.97. The predicted molar refractivity (Wildman–Crippen MR) is 106 cm³/mol. The topological polar surface area (TPSA) is 93.5 Å². The number of hydrogen-bond donors (Lipinski definition) is 2. The maximum Gasteiger partial charge on any atom is 0.417 e. The summed E-state index contributed by atoms with van der Waals surface area (Å²) in [6, 6.07) is 3.03. The summed E-state index contributed by atoms with van der Waals surface area (Å²) < 4.78 is 39.4. The van der Waals surface area contributed by atoms with Gasteiger partial charge in [0.2, 0.25) is 5.95 Å². The van der Waals surface area contributed by atoms with E-state index in [9.17, 15) is 18.4 Å². The van der Waals surface area contributed by atoms with Crippen LogP contribution in [0.5, 0.6) is 0 Å². The van der Waals surface area contributed by atoms with E-state index in [-0.39, 0.29) is 16.6 Å².